The van der Waals surface area contributed by atoms with E-state index in [2.05, 4.69) is 26.1 Å². The van der Waals surface area contributed by atoms with Crippen LogP contribution >= 0.6 is 0 Å². The van der Waals surface area contributed by atoms with Crippen LogP contribution in [0.1, 0.15) is 27.2 Å². The average Bonchev–Trinajstić information content (AvgIpc) is 2.34. The molecule has 0 fully saturated rings. The minimum Gasteiger partial charge on any atom is -0.492 e. The Labute approximate surface area is 99.0 Å². The monoisotopic (exact) mass is 221 g/mol. The zero-order valence-corrected chi connectivity index (χ0v) is 10.6. The van der Waals surface area contributed by atoms with Gasteiger partial charge in [-0.25, -0.2) is 0 Å². The van der Waals surface area contributed by atoms with Gasteiger partial charge in [-0.3, -0.25) is 0 Å². The summed E-state index contributed by atoms with van der Waals surface area (Å²) in [6.07, 6.45) is 1.22. The van der Waals surface area contributed by atoms with Crippen molar-refractivity contribution in [2.24, 2.45) is 5.92 Å². The first-order valence-electron chi connectivity index (χ1n) is 6.15. The molecular formula is C14H23NO. The second-order valence-electron chi connectivity index (χ2n) is 4.29. The van der Waals surface area contributed by atoms with E-state index >= 15 is 0 Å². The minimum absolute atomic E-state index is 0.560. The smallest absolute Gasteiger partial charge is 0.119 e. The first-order chi connectivity index (χ1) is 7.74. The SMILES string of the molecule is CCC(C)C(C)NCCOc1ccccc1. The van der Waals surface area contributed by atoms with E-state index in [1.54, 1.807) is 0 Å². The van der Waals surface area contributed by atoms with E-state index in [1.807, 2.05) is 30.3 Å². The summed E-state index contributed by atoms with van der Waals surface area (Å²) in [5.41, 5.74) is 0. The molecule has 1 rings (SSSR count). The third-order valence-corrected chi connectivity index (χ3v) is 3.08. The molecule has 0 saturated heterocycles. The topological polar surface area (TPSA) is 21.3 Å². The van der Waals surface area contributed by atoms with Gasteiger partial charge < -0.3 is 10.1 Å². The highest BCUT2D eigenvalue weighted by Crippen LogP contribution is 2.08. The minimum atomic E-state index is 0.560. The summed E-state index contributed by atoms with van der Waals surface area (Å²) in [4.78, 5) is 0. The molecule has 0 saturated carbocycles. The number of benzene rings is 1. The van der Waals surface area contributed by atoms with Gasteiger partial charge in [0.1, 0.15) is 12.4 Å². The summed E-state index contributed by atoms with van der Waals surface area (Å²) in [5, 5.41) is 3.48. The van der Waals surface area contributed by atoms with Crippen LogP contribution in [-0.2, 0) is 0 Å². The maximum atomic E-state index is 5.61. The van der Waals surface area contributed by atoms with Crippen molar-refractivity contribution in [3.8, 4) is 5.75 Å². The Hall–Kier alpha value is -1.02. The lowest BCUT2D eigenvalue weighted by Crippen LogP contribution is -2.34. The lowest BCUT2D eigenvalue weighted by molar-refractivity contribution is 0.292. The zero-order chi connectivity index (χ0) is 11.8. The molecule has 0 radical (unpaired) electrons. The third kappa shape index (κ3) is 4.67. The van der Waals surface area contributed by atoms with Crippen LogP contribution in [0.2, 0.25) is 0 Å². The Kier molecular flexibility index (Phi) is 5.94. The molecule has 2 atom stereocenters. The number of ether oxygens (including phenoxy) is 1. The molecule has 1 N–H and O–H groups in total. The summed E-state index contributed by atoms with van der Waals surface area (Å²) in [6.45, 7) is 8.36. The van der Waals surface area contributed by atoms with Crippen molar-refractivity contribution in [2.75, 3.05) is 13.2 Å². The third-order valence-electron chi connectivity index (χ3n) is 3.08. The van der Waals surface area contributed by atoms with Gasteiger partial charge in [0.05, 0.1) is 0 Å². The van der Waals surface area contributed by atoms with Crippen molar-refractivity contribution >= 4 is 0 Å². The summed E-state index contributed by atoms with van der Waals surface area (Å²) < 4.78 is 5.61. The van der Waals surface area contributed by atoms with Gasteiger partial charge >= 0.3 is 0 Å². The fourth-order valence-corrected chi connectivity index (χ4v) is 1.53. The van der Waals surface area contributed by atoms with E-state index in [1.165, 1.54) is 6.42 Å². The average molecular weight is 221 g/mol. The molecule has 0 aliphatic rings. The lowest BCUT2D eigenvalue weighted by atomic mass is 10.0. The summed E-state index contributed by atoms with van der Waals surface area (Å²) in [6, 6.07) is 10.5. The number of para-hydroxylation sites is 1. The first kappa shape index (κ1) is 13.0. The zero-order valence-electron chi connectivity index (χ0n) is 10.6. The Balaban J connectivity index is 2.13. The van der Waals surface area contributed by atoms with E-state index in [0.717, 1.165) is 24.8 Å². The molecule has 0 bridgehead atoms. The van der Waals surface area contributed by atoms with Crippen molar-refractivity contribution in [1.29, 1.82) is 0 Å². The molecule has 0 amide bonds. The molecule has 0 aromatic heterocycles. The molecule has 0 aliphatic carbocycles. The Morgan fingerprint density at radius 1 is 1.19 bits per heavy atom. The van der Waals surface area contributed by atoms with Crippen LogP contribution in [0.15, 0.2) is 30.3 Å². The van der Waals surface area contributed by atoms with Crippen molar-refractivity contribution in [3.63, 3.8) is 0 Å². The molecule has 0 heterocycles. The van der Waals surface area contributed by atoms with Crippen molar-refractivity contribution in [3.05, 3.63) is 30.3 Å². The largest absolute Gasteiger partial charge is 0.492 e. The molecular weight excluding hydrogens is 198 g/mol. The molecule has 0 aliphatic heterocycles. The van der Waals surface area contributed by atoms with Gasteiger partial charge in [0, 0.05) is 12.6 Å². The molecule has 2 heteroatoms. The van der Waals surface area contributed by atoms with Crippen molar-refractivity contribution in [1.82, 2.24) is 5.32 Å². The fourth-order valence-electron chi connectivity index (χ4n) is 1.53. The molecule has 2 nitrogen and oxygen atoms in total. The second kappa shape index (κ2) is 7.29. The molecule has 0 spiro atoms. The van der Waals surface area contributed by atoms with Crippen LogP contribution in [0.3, 0.4) is 0 Å². The van der Waals surface area contributed by atoms with Gasteiger partial charge in [-0.15, -0.1) is 0 Å². The Morgan fingerprint density at radius 3 is 2.50 bits per heavy atom. The Morgan fingerprint density at radius 2 is 1.88 bits per heavy atom. The summed E-state index contributed by atoms with van der Waals surface area (Å²) >= 11 is 0. The van der Waals surface area contributed by atoms with Crippen LogP contribution in [0.25, 0.3) is 0 Å². The highest BCUT2D eigenvalue weighted by Gasteiger charge is 2.08. The van der Waals surface area contributed by atoms with Gasteiger partial charge in [0.15, 0.2) is 0 Å². The van der Waals surface area contributed by atoms with Crippen molar-refractivity contribution < 1.29 is 4.74 Å². The summed E-state index contributed by atoms with van der Waals surface area (Å²) in [5.74, 6) is 1.66. The van der Waals surface area contributed by atoms with E-state index < -0.39 is 0 Å². The van der Waals surface area contributed by atoms with Crippen LogP contribution in [0, 0.1) is 5.92 Å². The highest BCUT2D eigenvalue weighted by molar-refractivity contribution is 5.20. The maximum absolute atomic E-state index is 5.61. The Bertz CT molecular complexity index is 273. The number of rotatable bonds is 7. The van der Waals surface area contributed by atoms with E-state index in [4.69, 9.17) is 4.74 Å². The fraction of sp³-hybridized carbons (Fsp3) is 0.571. The van der Waals surface area contributed by atoms with Gasteiger partial charge in [-0.2, -0.15) is 0 Å². The number of hydrogen-bond acceptors (Lipinski definition) is 2. The predicted octanol–water partition coefficient (Wildman–Crippen LogP) is 3.09. The number of hydrogen-bond donors (Lipinski definition) is 1. The quantitative estimate of drug-likeness (QED) is 0.714. The normalized spacial score (nSPS) is 14.4. The lowest BCUT2D eigenvalue weighted by Gasteiger charge is -2.19. The van der Waals surface area contributed by atoms with Gasteiger partial charge in [-0.05, 0) is 25.0 Å². The molecule has 1 aromatic rings. The van der Waals surface area contributed by atoms with Crippen molar-refractivity contribution in [2.45, 2.75) is 33.2 Å². The van der Waals surface area contributed by atoms with E-state index in [-0.39, 0.29) is 0 Å². The maximum Gasteiger partial charge on any atom is 0.119 e. The van der Waals surface area contributed by atoms with Gasteiger partial charge in [0.2, 0.25) is 0 Å². The second-order valence-corrected chi connectivity index (χ2v) is 4.29. The van der Waals surface area contributed by atoms with Gasteiger partial charge in [-0.1, -0.05) is 38.5 Å². The van der Waals surface area contributed by atoms with Crippen LogP contribution < -0.4 is 10.1 Å². The van der Waals surface area contributed by atoms with E-state index in [9.17, 15) is 0 Å². The highest BCUT2D eigenvalue weighted by atomic mass is 16.5. The number of nitrogens with one attached hydrogen (secondary N) is 1. The molecule has 1 aromatic carbocycles. The predicted molar refractivity (Wildman–Crippen MR) is 68.9 cm³/mol. The summed E-state index contributed by atoms with van der Waals surface area (Å²) in [7, 11) is 0. The van der Waals surface area contributed by atoms with Crippen LogP contribution in [0.4, 0.5) is 0 Å². The van der Waals surface area contributed by atoms with Crippen LogP contribution in [0.5, 0.6) is 5.75 Å². The van der Waals surface area contributed by atoms with Gasteiger partial charge in [0.25, 0.3) is 0 Å². The molecule has 16 heavy (non-hydrogen) atoms. The van der Waals surface area contributed by atoms with Crippen LogP contribution in [-0.4, -0.2) is 19.2 Å². The standard InChI is InChI=1S/C14H23NO/c1-4-12(2)13(3)15-10-11-16-14-8-6-5-7-9-14/h5-9,12-13,15H,4,10-11H2,1-3H3. The first-order valence-corrected chi connectivity index (χ1v) is 6.15. The van der Waals surface area contributed by atoms with E-state index in [0.29, 0.717) is 6.04 Å². The molecule has 90 valence electrons. The molecule has 2 unspecified atom stereocenters.